The van der Waals surface area contributed by atoms with Crippen molar-refractivity contribution in [2.45, 2.75) is 26.9 Å². The molecule has 240 valence electrons. The summed E-state index contributed by atoms with van der Waals surface area (Å²) in [5.41, 5.74) is 9.41. The van der Waals surface area contributed by atoms with Crippen molar-refractivity contribution in [2.75, 3.05) is 0 Å². The Kier molecular flexibility index (Phi) is 12.9. The summed E-state index contributed by atoms with van der Waals surface area (Å²) < 4.78 is 3.43. The van der Waals surface area contributed by atoms with Crippen LogP contribution >= 0.6 is 0 Å². The maximum atomic E-state index is 4.04. The molecule has 0 spiro atoms. The van der Waals surface area contributed by atoms with Crippen molar-refractivity contribution in [3.8, 4) is 33.6 Å². The minimum Gasteiger partial charge on any atom is -1.00 e. The van der Waals surface area contributed by atoms with E-state index in [1.165, 1.54) is 54.9 Å². The average Bonchev–Trinajstić information content (AvgIpc) is 3.88. The van der Waals surface area contributed by atoms with Crippen molar-refractivity contribution in [1.82, 2.24) is 40.4 Å². The van der Waals surface area contributed by atoms with Crippen LogP contribution in [-0.4, -0.2) is 45.8 Å². The number of nitrogens with zero attached hydrogens (tertiary/aromatic N) is 8. The van der Waals surface area contributed by atoms with Gasteiger partial charge in [0.15, 0.2) is 0 Å². The van der Waals surface area contributed by atoms with Crippen LogP contribution < -0.4 is 24.8 Å². The molecule has 12 heteroatoms. The number of rotatable bonds is 4. The zero-order chi connectivity index (χ0) is 32.0. The minimum atomic E-state index is 0. The van der Waals surface area contributed by atoms with E-state index in [4.69, 9.17) is 0 Å². The molecule has 8 nitrogen and oxygen atoms in total. The van der Waals surface area contributed by atoms with Crippen molar-refractivity contribution < 1.29 is 48.1 Å². The maximum Gasteiger partial charge on any atom is 0.142 e. The topological polar surface area (TPSA) is 87.2 Å². The Balaban J connectivity index is 0.000000188. The number of benzene rings is 4. The maximum absolute atomic E-state index is 4.04. The number of halogens is 2. The molecule has 2 heterocycles. The zero-order valence-electron chi connectivity index (χ0n) is 26.9. The number of fused-ring (bicyclic) bond motifs is 2. The van der Waals surface area contributed by atoms with E-state index in [1.54, 1.807) is 45.4 Å². The number of tetrazole rings is 2. The van der Waals surface area contributed by atoms with Gasteiger partial charge < -0.3 is 24.8 Å². The van der Waals surface area contributed by atoms with E-state index < -0.39 is 0 Å². The van der Waals surface area contributed by atoms with Crippen molar-refractivity contribution in [1.29, 1.82) is 0 Å². The fraction of sp³-hybridized carbons (Fsp3) is 0.111. The van der Waals surface area contributed by atoms with Crippen LogP contribution in [0.15, 0.2) is 122 Å². The summed E-state index contributed by atoms with van der Waals surface area (Å²) in [6.45, 7) is 8.82. The van der Waals surface area contributed by atoms with E-state index in [0.717, 1.165) is 11.4 Å². The average molecular weight is 767 g/mol. The Labute approximate surface area is 307 Å². The van der Waals surface area contributed by atoms with Gasteiger partial charge in [-0.05, 0) is 44.1 Å². The monoisotopic (exact) mass is 764 g/mol. The van der Waals surface area contributed by atoms with E-state index >= 15 is 0 Å². The molecular formula is C36H32Cl2N8SiZr-2. The third-order valence-corrected chi connectivity index (χ3v) is 7.30. The summed E-state index contributed by atoms with van der Waals surface area (Å²) in [7, 11) is 0. The summed E-state index contributed by atoms with van der Waals surface area (Å²) in [6, 6.07) is 38.1. The summed E-state index contributed by atoms with van der Waals surface area (Å²) in [5, 5.41) is 27.8. The summed E-state index contributed by atoms with van der Waals surface area (Å²) in [4.78, 5) is 0. The smallest absolute Gasteiger partial charge is 0.142 e. The van der Waals surface area contributed by atoms with Gasteiger partial charge in [0.1, 0.15) is 12.7 Å². The van der Waals surface area contributed by atoms with Crippen molar-refractivity contribution in [2.24, 2.45) is 0 Å². The molecule has 8 rings (SSSR count). The Bertz CT molecular complexity index is 2060. The predicted octanol–water partition coefficient (Wildman–Crippen LogP) is 1.81. The van der Waals surface area contributed by atoms with Gasteiger partial charge in [0.2, 0.25) is 0 Å². The molecule has 48 heavy (non-hydrogen) atoms. The molecule has 6 aromatic carbocycles. The van der Waals surface area contributed by atoms with Crippen LogP contribution in [0.5, 0.6) is 0 Å². The molecule has 0 aliphatic carbocycles. The molecule has 0 saturated heterocycles. The van der Waals surface area contributed by atoms with E-state index in [1.807, 2.05) is 36.4 Å². The molecule has 0 N–H and O–H groups in total. The molecule has 0 aliphatic heterocycles. The van der Waals surface area contributed by atoms with Crippen LogP contribution in [-0.2, 0) is 23.3 Å². The van der Waals surface area contributed by atoms with Crippen LogP contribution in [0.4, 0.5) is 0 Å². The van der Waals surface area contributed by atoms with E-state index in [2.05, 4.69) is 131 Å². The number of hydrogen-bond acceptors (Lipinski definition) is 6. The fourth-order valence-corrected chi connectivity index (χ4v) is 5.42. The van der Waals surface area contributed by atoms with E-state index in [0.29, 0.717) is 0 Å². The Morgan fingerprint density at radius 1 is 0.562 bits per heavy atom. The number of hydrogen-bond donors (Lipinski definition) is 0. The van der Waals surface area contributed by atoms with Gasteiger partial charge in [0.25, 0.3) is 0 Å². The Hall–Kier alpha value is -4.08. The molecule has 0 saturated carbocycles. The molecule has 0 bridgehead atoms. The van der Waals surface area contributed by atoms with Gasteiger partial charge in [0, 0.05) is 11.4 Å². The third-order valence-electron chi connectivity index (χ3n) is 7.30. The second kappa shape index (κ2) is 16.8. The molecule has 0 atom stereocenters. The molecule has 0 unspecified atom stereocenters. The molecule has 2 aromatic heterocycles. The van der Waals surface area contributed by atoms with Crippen molar-refractivity contribution >= 4 is 27.0 Å². The Morgan fingerprint density at radius 3 is 1.27 bits per heavy atom. The quantitative estimate of drug-likeness (QED) is 0.201. The summed E-state index contributed by atoms with van der Waals surface area (Å²) in [5.74, 6) is 0. The second-order valence-electron chi connectivity index (χ2n) is 11.3. The van der Waals surface area contributed by atoms with Gasteiger partial charge >= 0.3 is 41.9 Å². The molecular weight excluding hydrogens is 735 g/mol. The van der Waals surface area contributed by atoms with Gasteiger partial charge in [-0.1, -0.05) is 85.6 Å². The molecule has 0 fully saturated rings. The summed E-state index contributed by atoms with van der Waals surface area (Å²) >= 11 is 1.74. The second-order valence-corrected chi connectivity index (χ2v) is 20.7. The Morgan fingerprint density at radius 2 is 0.938 bits per heavy atom. The minimum absolute atomic E-state index is 0. The first-order valence-corrected chi connectivity index (χ1v) is 21.1. The molecule has 0 aliphatic rings. The van der Waals surface area contributed by atoms with Gasteiger partial charge in [-0.25, -0.2) is 9.36 Å². The van der Waals surface area contributed by atoms with Gasteiger partial charge in [0.05, 0.1) is 0 Å². The van der Waals surface area contributed by atoms with E-state index in [-0.39, 0.29) is 30.2 Å². The van der Waals surface area contributed by atoms with Gasteiger partial charge in [-0.2, -0.15) is 12.1 Å². The first-order chi connectivity index (χ1) is 22.4. The molecule has 0 radical (unpaired) electrons. The zero-order valence-corrected chi connectivity index (χ0v) is 31.9. The molecule has 8 aromatic rings. The van der Waals surface area contributed by atoms with Crippen LogP contribution in [0.2, 0.25) is 13.1 Å². The fourth-order valence-electron chi connectivity index (χ4n) is 5.42. The predicted molar refractivity (Wildman–Crippen MR) is 182 cm³/mol. The van der Waals surface area contributed by atoms with Crippen molar-refractivity contribution in [3.05, 3.63) is 133 Å². The van der Waals surface area contributed by atoms with Crippen LogP contribution in [0.25, 0.3) is 55.2 Å². The van der Waals surface area contributed by atoms with E-state index in [9.17, 15) is 0 Å². The normalized spacial score (nSPS) is 10.3. The first kappa shape index (κ1) is 36.8. The van der Waals surface area contributed by atoms with Crippen LogP contribution in [0, 0.1) is 13.8 Å². The number of aromatic nitrogens is 8. The largest absolute Gasteiger partial charge is 1.00 e. The third kappa shape index (κ3) is 8.68. The van der Waals surface area contributed by atoms with Gasteiger partial charge in [-0.3, -0.25) is 0 Å². The molecule has 0 amide bonds. The van der Waals surface area contributed by atoms with Crippen LogP contribution in [0.3, 0.4) is 0 Å². The summed E-state index contributed by atoms with van der Waals surface area (Å²) in [6.07, 6.45) is 3.26. The SMILES string of the molecule is C[Si](C)=[Zr+2].Cc1cc2c(-n3cnnn3)cc(-c3ccccc3)cc2[cH-]1.Cc1cc2c(-n3cnnn3)cc(-c3ccccc3)cc2[cH-]1.[Cl-].[Cl-]. The van der Waals surface area contributed by atoms with Crippen LogP contribution in [0.1, 0.15) is 11.1 Å². The number of aryl methyl sites for hydroxylation is 2. The van der Waals surface area contributed by atoms with Crippen molar-refractivity contribution in [3.63, 3.8) is 0 Å². The first-order valence-electron chi connectivity index (χ1n) is 14.9. The standard InChI is InChI=1S/2C17H13N4.C2H6Si.2ClH.Zr/c2*1-12-7-15-9-14(13-5-3-2-4-6-13)10-17(16(15)8-12)21-11-18-19-20-21;1-3-2;;;/h2*2-11H,1H3;1-2H3;2*1H;/q2*-1;;;;+2/p-2. The van der Waals surface area contributed by atoms with Gasteiger partial charge in [-0.15, -0.1) is 67.1 Å².